The predicted molar refractivity (Wildman–Crippen MR) is 157 cm³/mol. The molecule has 3 aromatic rings. The Hall–Kier alpha value is -5.20. The van der Waals surface area contributed by atoms with Crippen LogP contribution in [0.4, 0.5) is 17.1 Å². The average Bonchev–Trinajstić information content (AvgIpc) is 3.03. The molecule has 0 radical (unpaired) electrons. The van der Waals surface area contributed by atoms with E-state index in [4.69, 9.17) is 14.2 Å². The Morgan fingerprint density at radius 3 is 2.09 bits per heavy atom. The summed E-state index contributed by atoms with van der Waals surface area (Å²) >= 11 is 0. The molecule has 226 valence electrons. The van der Waals surface area contributed by atoms with Gasteiger partial charge in [0.25, 0.3) is 17.3 Å². The van der Waals surface area contributed by atoms with Crippen LogP contribution in [-0.2, 0) is 4.79 Å². The number of anilines is 1. The first-order valence-electron chi connectivity index (χ1n) is 13.6. The van der Waals surface area contributed by atoms with Crippen LogP contribution in [0.2, 0.25) is 0 Å². The van der Waals surface area contributed by atoms with Gasteiger partial charge in [0.15, 0.2) is 11.5 Å². The Morgan fingerprint density at radius 1 is 0.837 bits per heavy atom. The van der Waals surface area contributed by atoms with Crippen molar-refractivity contribution >= 4 is 28.9 Å². The van der Waals surface area contributed by atoms with Gasteiger partial charge in [0, 0.05) is 36.0 Å². The first-order chi connectivity index (χ1) is 20.7. The minimum atomic E-state index is -1.38. The molecule has 0 aromatic heterocycles. The lowest BCUT2D eigenvalue weighted by atomic mass is 9.94. The van der Waals surface area contributed by atoms with Crippen molar-refractivity contribution < 1.29 is 33.6 Å². The molecular formula is C30H32N4O9. The number of ether oxygens (including phenoxy) is 3. The standard InChI is InChI=1S/C30H32N4O9/c1-41-23-14-15-25(34(39)40)24(18-23)30(36)32(22-13-16-26(42-2)27(17-22)43-3)28(19-9-11-21(12-10-19)33(37)38)29(35)31-20-7-5-4-6-8-20/h9-18,20,28H,4-8H2,1-3H3,(H,31,35). The largest absolute Gasteiger partial charge is 0.497 e. The molecule has 0 heterocycles. The van der Waals surface area contributed by atoms with Crippen LogP contribution in [0.15, 0.2) is 60.7 Å². The number of carbonyl (C=O) groups excluding carboxylic acids is 2. The molecule has 1 aliphatic rings. The van der Waals surface area contributed by atoms with Crippen molar-refractivity contribution in [1.82, 2.24) is 5.32 Å². The van der Waals surface area contributed by atoms with Crippen molar-refractivity contribution in [3.05, 3.63) is 92.0 Å². The molecule has 1 unspecified atom stereocenters. The van der Waals surface area contributed by atoms with Crippen LogP contribution in [0.25, 0.3) is 0 Å². The number of hydrogen-bond donors (Lipinski definition) is 1. The van der Waals surface area contributed by atoms with Gasteiger partial charge in [0.1, 0.15) is 17.4 Å². The highest BCUT2D eigenvalue weighted by atomic mass is 16.6. The summed E-state index contributed by atoms with van der Waals surface area (Å²) in [6.07, 6.45) is 4.42. The molecule has 0 saturated heterocycles. The Labute approximate surface area is 247 Å². The van der Waals surface area contributed by atoms with Gasteiger partial charge in [-0.05, 0) is 54.8 Å². The number of carbonyl (C=O) groups is 2. The van der Waals surface area contributed by atoms with E-state index in [2.05, 4.69) is 5.32 Å². The number of benzene rings is 3. The van der Waals surface area contributed by atoms with Gasteiger partial charge in [-0.25, -0.2) is 0 Å². The van der Waals surface area contributed by atoms with Crippen molar-refractivity contribution in [2.45, 2.75) is 44.2 Å². The molecule has 0 aliphatic heterocycles. The minimum absolute atomic E-state index is 0.143. The molecule has 1 fully saturated rings. The maximum Gasteiger partial charge on any atom is 0.282 e. The average molecular weight is 593 g/mol. The summed E-state index contributed by atoms with van der Waals surface area (Å²) in [7, 11) is 4.21. The number of nitro groups is 2. The molecule has 1 saturated carbocycles. The highest BCUT2D eigenvalue weighted by Crippen LogP contribution is 2.38. The first kappa shape index (κ1) is 30.8. The van der Waals surface area contributed by atoms with Crippen LogP contribution in [0.5, 0.6) is 17.2 Å². The van der Waals surface area contributed by atoms with Crippen molar-refractivity contribution in [1.29, 1.82) is 0 Å². The summed E-state index contributed by atoms with van der Waals surface area (Å²) < 4.78 is 16.0. The lowest BCUT2D eigenvalue weighted by molar-refractivity contribution is -0.385. The first-order valence-corrected chi connectivity index (χ1v) is 13.6. The Morgan fingerprint density at radius 2 is 1.51 bits per heavy atom. The Bertz CT molecular complexity index is 1500. The van der Waals surface area contributed by atoms with Gasteiger partial charge in [-0.2, -0.15) is 0 Å². The number of methoxy groups -OCH3 is 3. The molecule has 0 bridgehead atoms. The van der Waals surface area contributed by atoms with E-state index in [-0.39, 0.29) is 40.0 Å². The fourth-order valence-corrected chi connectivity index (χ4v) is 5.18. The topological polar surface area (TPSA) is 163 Å². The Balaban J connectivity index is 1.95. The zero-order valence-electron chi connectivity index (χ0n) is 24.0. The summed E-state index contributed by atoms with van der Waals surface area (Å²) in [6.45, 7) is 0. The third-order valence-electron chi connectivity index (χ3n) is 7.37. The van der Waals surface area contributed by atoms with E-state index in [1.54, 1.807) is 6.07 Å². The van der Waals surface area contributed by atoms with Crippen molar-refractivity contribution in [2.75, 3.05) is 26.2 Å². The van der Waals surface area contributed by atoms with E-state index < -0.39 is 33.4 Å². The van der Waals surface area contributed by atoms with Gasteiger partial charge < -0.3 is 19.5 Å². The Kier molecular flexibility index (Phi) is 9.76. The molecule has 1 N–H and O–H groups in total. The van der Waals surface area contributed by atoms with Gasteiger partial charge in [-0.15, -0.1) is 0 Å². The van der Waals surface area contributed by atoms with Crippen molar-refractivity contribution in [2.24, 2.45) is 0 Å². The molecule has 1 aliphatic carbocycles. The summed E-state index contributed by atoms with van der Waals surface area (Å²) in [5.74, 6) is -0.633. The number of amides is 2. The number of hydrogen-bond acceptors (Lipinski definition) is 9. The molecule has 43 heavy (non-hydrogen) atoms. The van der Waals surface area contributed by atoms with E-state index >= 15 is 0 Å². The fourth-order valence-electron chi connectivity index (χ4n) is 5.18. The molecule has 13 heteroatoms. The van der Waals surface area contributed by atoms with Gasteiger partial charge in [0.05, 0.1) is 31.2 Å². The summed E-state index contributed by atoms with van der Waals surface area (Å²) in [6, 6.07) is 12.0. The maximum atomic E-state index is 14.5. The molecular weight excluding hydrogens is 560 g/mol. The lowest BCUT2D eigenvalue weighted by Gasteiger charge is -2.33. The van der Waals surface area contributed by atoms with Gasteiger partial charge in [-0.3, -0.25) is 34.7 Å². The molecule has 0 spiro atoms. The summed E-state index contributed by atoms with van der Waals surface area (Å²) in [5.41, 5.74) is -0.597. The summed E-state index contributed by atoms with van der Waals surface area (Å²) in [4.78, 5) is 51.9. The third-order valence-corrected chi connectivity index (χ3v) is 7.37. The van der Waals surface area contributed by atoms with Gasteiger partial charge in [-0.1, -0.05) is 19.3 Å². The normalized spacial score (nSPS) is 13.8. The quantitative estimate of drug-likeness (QED) is 0.228. The predicted octanol–water partition coefficient (Wildman–Crippen LogP) is 5.37. The van der Waals surface area contributed by atoms with E-state index in [0.29, 0.717) is 5.75 Å². The third kappa shape index (κ3) is 6.83. The zero-order valence-corrected chi connectivity index (χ0v) is 24.0. The van der Waals surface area contributed by atoms with E-state index in [1.807, 2.05) is 0 Å². The van der Waals surface area contributed by atoms with Crippen LogP contribution in [0.1, 0.15) is 54.1 Å². The van der Waals surface area contributed by atoms with Crippen LogP contribution < -0.4 is 24.4 Å². The van der Waals surface area contributed by atoms with Gasteiger partial charge >= 0.3 is 0 Å². The second-order valence-electron chi connectivity index (χ2n) is 9.95. The SMILES string of the molecule is COc1ccc([N+](=O)[O-])c(C(=O)N(c2ccc(OC)c(OC)c2)C(C(=O)NC2CCCCC2)c2ccc([N+](=O)[O-])cc2)c1. The molecule has 3 aromatic carbocycles. The number of nitro benzene ring substituents is 2. The maximum absolute atomic E-state index is 14.5. The number of nitrogens with one attached hydrogen (secondary N) is 1. The number of rotatable bonds is 11. The second-order valence-corrected chi connectivity index (χ2v) is 9.95. The van der Waals surface area contributed by atoms with E-state index in [9.17, 15) is 29.8 Å². The van der Waals surface area contributed by atoms with E-state index in [0.717, 1.165) is 43.1 Å². The monoisotopic (exact) mass is 592 g/mol. The minimum Gasteiger partial charge on any atom is -0.497 e. The number of non-ortho nitro benzene ring substituents is 1. The molecule has 13 nitrogen and oxygen atoms in total. The second kappa shape index (κ2) is 13.6. The fraction of sp³-hybridized carbons (Fsp3) is 0.333. The van der Waals surface area contributed by atoms with E-state index in [1.165, 1.54) is 69.9 Å². The van der Waals surface area contributed by atoms with Crippen LogP contribution in [-0.4, -0.2) is 49.0 Å². The highest BCUT2D eigenvalue weighted by Gasteiger charge is 2.38. The van der Waals surface area contributed by atoms with Crippen molar-refractivity contribution in [3.8, 4) is 17.2 Å². The van der Waals surface area contributed by atoms with Crippen LogP contribution in [0, 0.1) is 20.2 Å². The van der Waals surface area contributed by atoms with Gasteiger partial charge in [0.2, 0.25) is 5.91 Å². The highest BCUT2D eigenvalue weighted by molar-refractivity contribution is 6.12. The summed E-state index contributed by atoms with van der Waals surface area (Å²) in [5, 5.41) is 26.4. The van der Waals surface area contributed by atoms with Crippen molar-refractivity contribution in [3.63, 3.8) is 0 Å². The lowest BCUT2D eigenvalue weighted by Crippen LogP contribution is -2.47. The zero-order chi connectivity index (χ0) is 31.1. The number of nitrogens with zero attached hydrogens (tertiary/aromatic N) is 3. The smallest absolute Gasteiger partial charge is 0.282 e. The van der Waals surface area contributed by atoms with Crippen LogP contribution in [0.3, 0.4) is 0 Å². The molecule has 1 atom stereocenters. The molecule has 4 rings (SSSR count). The molecule has 2 amide bonds. The van der Waals surface area contributed by atoms with Crippen LogP contribution >= 0.6 is 0 Å².